The van der Waals surface area contributed by atoms with Crippen LogP contribution in [0.5, 0.6) is 0 Å². The van der Waals surface area contributed by atoms with E-state index in [-0.39, 0.29) is 11.5 Å². The third-order valence-electron chi connectivity index (χ3n) is 2.88. The molecule has 0 aliphatic rings. The molecule has 0 saturated carbocycles. The first-order chi connectivity index (χ1) is 9.40. The van der Waals surface area contributed by atoms with Crippen LogP contribution in [0.25, 0.3) is 0 Å². The average Bonchev–Trinajstić information content (AvgIpc) is 2.96. The number of Topliss-reactive ketones (excluding diaryl/α,β-unsaturated/α-hetero) is 1. The van der Waals surface area contributed by atoms with E-state index < -0.39 is 4.92 Å². The quantitative estimate of drug-likeness (QED) is 0.480. The molecule has 106 valence electrons. The third-order valence-corrected chi connectivity index (χ3v) is 4.22. The second-order valence-corrected chi connectivity index (χ2v) is 5.46. The lowest BCUT2D eigenvalue weighted by molar-refractivity contribution is -0.383. The number of nitro groups is 1. The van der Waals surface area contributed by atoms with Crippen molar-refractivity contribution in [3.8, 4) is 0 Å². The van der Waals surface area contributed by atoms with Gasteiger partial charge < -0.3 is 9.47 Å². The molecule has 8 heteroatoms. The van der Waals surface area contributed by atoms with E-state index in [0.717, 1.165) is 17.2 Å². The first kappa shape index (κ1) is 14.2. The van der Waals surface area contributed by atoms with E-state index in [9.17, 15) is 14.9 Å². The molecule has 0 radical (unpaired) electrons. The van der Waals surface area contributed by atoms with Crippen LogP contribution in [-0.2, 0) is 13.6 Å². The fourth-order valence-corrected chi connectivity index (χ4v) is 2.76. The van der Waals surface area contributed by atoms with Gasteiger partial charge in [0.1, 0.15) is 5.82 Å². The van der Waals surface area contributed by atoms with Gasteiger partial charge in [0, 0.05) is 32.6 Å². The zero-order valence-electron chi connectivity index (χ0n) is 11.4. The van der Waals surface area contributed by atoms with Gasteiger partial charge in [0.25, 0.3) is 0 Å². The van der Waals surface area contributed by atoms with Crippen molar-refractivity contribution < 1.29 is 9.72 Å². The van der Waals surface area contributed by atoms with Gasteiger partial charge in [0.05, 0.1) is 16.3 Å². The van der Waals surface area contributed by atoms with Crippen LogP contribution >= 0.6 is 11.3 Å². The molecule has 2 aromatic rings. The van der Waals surface area contributed by atoms with Gasteiger partial charge in [-0.05, 0) is 6.92 Å². The van der Waals surface area contributed by atoms with Crippen LogP contribution in [0, 0.1) is 10.1 Å². The standard InChI is InChI=1S/C12H14N4O3S/c1-8(17)10-6-9(16(18)19)12(20-10)15(3)7-11-13-4-5-14(11)2/h4-6H,7H2,1-3H3. The van der Waals surface area contributed by atoms with E-state index in [1.165, 1.54) is 13.0 Å². The summed E-state index contributed by atoms with van der Waals surface area (Å²) in [4.78, 5) is 28.3. The molecule has 0 aliphatic heterocycles. The second-order valence-electron chi connectivity index (χ2n) is 4.42. The number of anilines is 1. The van der Waals surface area contributed by atoms with Crippen LogP contribution < -0.4 is 4.90 Å². The van der Waals surface area contributed by atoms with Gasteiger partial charge in [0.2, 0.25) is 0 Å². The molecule has 20 heavy (non-hydrogen) atoms. The van der Waals surface area contributed by atoms with Crippen LogP contribution in [0.4, 0.5) is 10.7 Å². The summed E-state index contributed by atoms with van der Waals surface area (Å²) >= 11 is 1.13. The Morgan fingerprint density at radius 1 is 1.60 bits per heavy atom. The number of rotatable bonds is 5. The zero-order chi connectivity index (χ0) is 14.9. The van der Waals surface area contributed by atoms with E-state index in [1.54, 1.807) is 18.1 Å². The lowest BCUT2D eigenvalue weighted by Gasteiger charge is -2.16. The number of carbonyl (C=O) groups excluding carboxylic acids is 1. The molecule has 0 bridgehead atoms. The number of aryl methyl sites for hydroxylation is 1. The van der Waals surface area contributed by atoms with Crippen molar-refractivity contribution in [3.63, 3.8) is 0 Å². The van der Waals surface area contributed by atoms with Gasteiger partial charge in [-0.2, -0.15) is 0 Å². The number of nitrogens with zero attached hydrogens (tertiary/aromatic N) is 4. The number of hydrogen-bond acceptors (Lipinski definition) is 6. The van der Waals surface area contributed by atoms with E-state index in [0.29, 0.717) is 16.4 Å². The number of imidazole rings is 1. The Bertz CT molecular complexity index is 661. The van der Waals surface area contributed by atoms with Gasteiger partial charge in [-0.1, -0.05) is 0 Å². The molecule has 0 saturated heterocycles. The summed E-state index contributed by atoms with van der Waals surface area (Å²) in [7, 11) is 3.61. The Hall–Kier alpha value is -2.22. The lowest BCUT2D eigenvalue weighted by Crippen LogP contribution is -2.18. The van der Waals surface area contributed by atoms with Crippen molar-refractivity contribution in [1.82, 2.24) is 9.55 Å². The second kappa shape index (κ2) is 5.41. The highest BCUT2D eigenvalue weighted by molar-refractivity contribution is 7.18. The zero-order valence-corrected chi connectivity index (χ0v) is 12.2. The Labute approximate surface area is 119 Å². The van der Waals surface area contributed by atoms with E-state index in [1.807, 2.05) is 17.8 Å². The molecular weight excluding hydrogens is 280 g/mol. The fraction of sp³-hybridized carbons (Fsp3) is 0.333. The largest absolute Gasteiger partial charge is 0.353 e. The molecule has 2 rings (SSSR count). The number of thiophene rings is 1. The molecule has 0 amide bonds. The number of aromatic nitrogens is 2. The monoisotopic (exact) mass is 294 g/mol. The van der Waals surface area contributed by atoms with Gasteiger partial charge in [0.15, 0.2) is 10.8 Å². The lowest BCUT2D eigenvalue weighted by atomic mass is 10.3. The van der Waals surface area contributed by atoms with Crippen molar-refractivity contribution >= 4 is 27.8 Å². The minimum atomic E-state index is -0.465. The highest BCUT2D eigenvalue weighted by Gasteiger charge is 2.24. The maximum atomic E-state index is 11.4. The van der Waals surface area contributed by atoms with E-state index in [4.69, 9.17) is 0 Å². The number of ketones is 1. The van der Waals surface area contributed by atoms with E-state index >= 15 is 0 Å². The van der Waals surface area contributed by atoms with Crippen molar-refractivity contribution in [3.05, 3.63) is 39.3 Å². The average molecular weight is 294 g/mol. The van der Waals surface area contributed by atoms with Gasteiger partial charge >= 0.3 is 5.69 Å². The van der Waals surface area contributed by atoms with Crippen LogP contribution in [-0.4, -0.2) is 27.3 Å². The summed E-state index contributed by atoms with van der Waals surface area (Å²) in [5.41, 5.74) is -0.0445. The molecule has 0 N–H and O–H groups in total. The SMILES string of the molecule is CC(=O)c1cc([N+](=O)[O-])c(N(C)Cc2nccn2C)s1. The predicted octanol–water partition coefficient (Wildman–Crippen LogP) is 2.23. The summed E-state index contributed by atoms with van der Waals surface area (Å²) in [6.07, 6.45) is 3.49. The highest BCUT2D eigenvalue weighted by Crippen LogP contribution is 2.37. The summed E-state index contributed by atoms with van der Waals surface area (Å²) in [6, 6.07) is 1.33. The molecule has 0 aromatic carbocycles. The predicted molar refractivity (Wildman–Crippen MR) is 76.3 cm³/mol. The van der Waals surface area contributed by atoms with Crippen molar-refractivity contribution in [1.29, 1.82) is 0 Å². The first-order valence-electron chi connectivity index (χ1n) is 5.86. The van der Waals surface area contributed by atoms with Crippen LogP contribution in [0.2, 0.25) is 0 Å². The minimum absolute atomic E-state index is 0.0445. The number of carbonyl (C=O) groups is 1. The Morgan fingerprint density at radius 3 is 2.80 bits per heavy atom. The molecule has 0 fully saturated rings. The Morgan fingerprint density at radius 2 is 2.30 bits per heavy atom. The first-order valence-corrected chi connectivity index (χ1v) is 6.68. The van der Waals surface area contributed by atoms with E-state index in [2.05, 4.69) is 4.98 Å². The topological polar surface area (TPSA) is 81.3 Å². The van der Waals surface area contributed by atoms with Crippen LogP contribution in [0.1, 0.15) is 22.4 Å². The molecular formula is C12H14N4O3S. The smallest absolute Gasteiger partial charge is 0.304 e. The summed E-state index contributed by atoms with van der Waals surface area (Å²) in [5.74, 6) is 0.620. The molecule has 7 nitrogen and oxygen atoms in total. The highest BCUT2D eigenvalue weighted by atomic mass is 32.1. The Balaban J connectivity index is 2.33. The number of hydrogen-bond donors (Lipinski definition) is 0. The van der Waals surface area contributed by atoms with Crippen molar-refractivity contribution in [2.24, 2.45) is 7.05 Å². The molecule has 0 aliphatic carbocycles. The van der Waals surface area contributed by atoms with Crippen molar-refractivity contribution in [2.45, 2.75) is 13.5 Å². The molecule has 2 heterocycles. The Kier molecular flexibility index (Phi) is 3.84. The van der Waals surface area contributed by atoms with Crippen molar-refractivity contribution in [2.75, 3.05) is 11.9 Å². The summed E-state index contributed by atoms with van der Waals surface area (Å²) < 4.78 is 1.85. The van der Waals surface area contributed by atoms with Gasteiger partial charge in [-0.25, -0.2) is 4.98 Å². The van der Waals surface area contributed by atoms with Gasteiger partial charge in [-0.15, -0.1) is 11.3 Å². The minimum Gasteiger partial charge on any atom is -0.353 e. The summed E-state index contributed by atoms with van der Waals surface area (Å²) in [5, 5.41) is 11.5. The summed E-state index contributed by atoms with van der Waals surface area (Å²) in [6.45, 7) is 1.83. The van der Waals surface area contributed by atoms with Crippen LogP contribution in [0.15, 0.2) is 18.5 Å². The molecule has 0 atom stereocenters. The normalized spacial score (nSPS) is 10.6. The maximum absolute atomic E-state index is 11.4. The van der Waals surface area contributed by atoms with Gasteiger partial charge in [-0.3, -0.25) is 14.9 Å². The van der Waals surface area contributed by atoms with Crippen LogP contribution in [0.3, 0.4) is 0 Å². The fourth-order valence-electron chi connectivity index (χ4n) is 1.78. The molecule has 2 aromatic heterocycles. The maximum Gasteiger partial charge on any atom is 0.304 e. The third kappa shape index (κ3) is 2.69. The molecule has 0 spiro atoms. The molecule has 0 unspecified atom stereocenters.